The summed E-state index contributed by atoms with van der Waals surface area (Å²) in [4.78, 5) is 32.0. The predicted molar refractivity (Wildman–Crippen MR) is 243 cm³/mol. The number of allylic oxidation sites excluding steroid dienone is 2. The van der Waals surface area contributed by atoms with Crippen molar-refractivity contribution in [1.29, 1.82) is 0 Å². The molecule has 2 aliphatic rings. The molecule has 0 unspecified atom stereocenters. The fourth-order valence-corrected chi connectivity index (χ4v) is 8.83. The lowest BCUT2D eigenvalue weighted by atomic mass is 9.94. The van der Waals surface area contributed by atoms with Gasteiger partial charge in [0.1, 0.15) is 40.9 Å². The molecule has 0 bridgehead atoms. The van der Waals surface area contributed by atoms with Crippen LogP contribution in [0.25, 0.3) is 44.2 Å². The molecule has 1 N–H and O–H groups in total. The van der Waals surface area contributed by atoms with Crippen molar-refractivity contribution in [2.45, 2.75) is 32.0 Å². The quantitative estimate of drug-likeness (QED) is 0.0744. The first-order valence-corrected chi connectivity index (χ1v) is 21.5. The summed E-state index contributed by atoms with van der Waals surface area (Å²) in [5, 5.41) is 12.8. The van der Waals surface area contributed by atoms with E-state index >= 15 is 0 Å². The molecule has 0 aliphatic carbocycles. The molecule has 2 fully saturated rings. The maximum absolute atomic E-state index is 13.8. The number of ether oxygens (including phenoxy) is 4. The minimum Gasteiger partial charge on any atom is -0.489 e. The van der Waals surface area contributed by atoms with Gasteiger partial charge in [0.25, 0.3) is 0 Å². The first kappa shape index (κ1) is 43.4. The fourth-order valence-electron chi connectivity index (χ4n) is 8.20. The van der Waals surface area contributed by atoms with Crippen LogP contribution in [0.1, 0.15) is 22.3 Å². The van der Waals surface area contributed by atoms with Crippen LogP contribution in [0.5, 0.6) is 11.5 Å². The van der Waals surface area contributed by atoms with Crippen molar-refractivity contribution in [3.63, 3.8) is 0 Å². The highest BCUT2D eigenvalue weighted by Gasteiger charge is 2.27. The van der Waals surface area contributed by atoms with Crippen LogP contribution in [-0.4, -0.2) is 86.8 Å². The van der Waals surface area contributed by atoms with Crippen LogP contribution < -0.4 is 20.7 Å². The van der Waals surface area contributed by atoms with Crippen LogP contribution in [0.4, 0.5) is 0 Å². The minimum absolute atomic E-state index is 0.0998. The Balaban J connectivity index is 1.09. The molecular formula is C49H48Cl2N2O9. The molecule has 2 aromatic heterocycles. The average molecular weight is 880 g/mol. The van der Waals surface area contributed by atoms with E-state index in [1.807, 2.05) is 72.8 Å². The Morgan fingerprint density at radius 2 is 1.03 bits per heavy atom. The molecule has 0 atom stereocenters. The predicted octanol–water partition coefficient (Wildman–Crippen LogP) is 8.48. The number of morpholine rings is 2. The van der Waals surface area contributed by atoms with E-state index in [1.54, 1.807) is 12.2 Å². The largest absolute Gasteiger partial charge is 0.489 e. The molecule has 11 nitrogen and oxygen atoms in total. The summed E-state index contributed by atoms with van der Waals surface area (Å²) in [6.07, 6.45) is 3.05. The van der Waals surface area contributed by atoms with Crippen LogP contribution in [0.2, 0.25) is 10.0 Å². The van der Waals surface area contributed by atoms with E-state index in [0.29, 0.717) is 112 Å². The van der Waals surface area contributed by atoms with E-state index < -0.39 is 17.4 Å². The zero-order valence-corrected chi connectivity index (χ0v) is 35.8. The molecule has 0 amide bonds. The fraction of sp³-hybridized carbons (Fsp3) is 0.306. The molecule has 4 aromatic carbocycles. The van der Waals surface area contributed by atoms with Gasteiger partial charge in [-0.1, -0.05) is 96.0 Å². The third-order valence-corrected chi connectivity index (χ3v) is 11.9. The van der Waals surface area contributed by atoms with Gasteiger partial charge in [0.2, 0.25) is 0 Å². The van der Waals surface area contributed by atoms with E-state index in [2.05, 4.69) is 23.0 Å². The molecule has 62 heavy (non-hydrogen) atoms. The lowest BCUT2D eigenvalue weighted by Gasteiger charge is -2.27. The number of fused-ring (bicyclic) bond motifs is 2. The normalized spacial score (nSPS) is 15.0. The highest BCUT2D eigenvalue weighted by molar-refractivity contribution is 6.37. The highest BCUT2D eigenvalue weighted by Crippen LogP contribution is 2.43. The second-order valence-electron chi connectivity index (χ2n) is 15.4. The average Bonchev–Trinajstić information content (AvgIpc) is 3.29. The molecule has 4 heterocycles. The van der Waals surface area contributed by atoms with Gasteiger partial charge in [0.05, 0.1) is 37.6 Å². The maximum atomic E-state index is 13.8. The number of hydrogen-bond acceptors (Lipinski definition) is 11. The minimum atomic E-state index is -1.17. The summed E-state index contributed by atoms with van der Waals surface area (Å²) in [6, 6.07) is 23.2. The third kappa shape index (κ3) is 9.26. The molecule has 8 rings (SSSR count). The Morgan fingerprint density at radius 1 is 0.645 bits per heavy atom. The third-order valence-electron chi connectivity index (χ3n) is 11.2. The van der Waals surface area contributed by atoms with Crippen LogP contribution in [-0.2, 0) is 35.4 Å². The van der Waals surface area contributed by atoms with Crippen molar-refractivity contribution in [2.24, 2.45) is 0 Å². The molecular weight excluding hydrogens is 831 g/mol. The summed E-state index contributed by atoms with van der Waals surface area (Å²) in [7, 11) is 0. The maximum Gasteiger partial charge on any atom is 0.341 e. The molecule has 2 aliphatic heterocycles. The molecule has 13 heteroatoms. The van der Waals surface area contributed by atoms with Gasteiger partial charge < -0.3 is 32.9 Å². The van der Waals surface area contributed by atoms with Crippen LogP contribution >= 0.6 is 23.2 Å². The molecule has 2 saturated heterocycles. The zero-order valence-electron chi connectivity index (χ0n) is 34.3. The summed E-state index contributed by atoms with van der Waals surface area (Å²) in [6.45, 7) is 13.3. The van der Waals surface area contributed by atoms with E-state index in [0.717, 1.165) is 22.3 Å². The van der Waals surface area contributed by atoms with E-state index in [-0.39, 0.29) is 45.9 Å². The first-order valence-electron chi connectivity index (χ1n) is 20.7. The number of aliphatic hydroxyl groups is 1. The van der Waals surface area contributed by atoms with Crippen molar-refractivity contribution in [2.75, 3.05) is 65.8 Å². The van der Waals surface area contributed by atoms with Crippen LogP contribution in [0.15, 0.2) is 117 Å². The number of hydrogen-bond donors (Lipinski definition) is 1. The standard InChI is InChI=1S/C49H48Cl2N2O9/c1-3-11-33-25-36-40(31-13-7-5-8-14-31)38(27-52-17-21-57-22-18-52)48(55)61-46(36)42(50)44(33)59-29-35(54)30-60-45-34(12-4-2)26-37-41(32-15-9-6-10-16-32)39(28-53-19-23-58-24-20-53)49(56)62-47(37)43(45)51/h3-10,13-16,25-26,35,54H,1-2,11-12,17-24,27-30H2. The number of nitrogens with zero attached hydrogens (tertiary/aromatic N) is 2. The lowest BCUT2D eigenvalue weighted by molar-refractivity contribution is 0.0338. The van der Waals surface area contributed by atoms with Crippen LogP contribution in [0.3, 0.4) is 0 Å². The molecule has 0 radical (unpaired) electrons. The summed E-state index contributed by atoms with van der Waals surface area (Å²) in [5.41, 5.74) is 4.97. The van der Waals surface area contributed by atoms with E-state index in [4.69, 9.17) is 51.0 Å². The highest BCUT2D eigenvalue weighted by atomic mass is 35.5. The Hall–Kier alpha value is -5.24. The number of halogens is 2. The molecule has 0 saturated carbocycles. The Labute approximate surface area is 369 Å². The van der Waals surface area contributed by atoms with Gasteiger partial charge in [0, 0.05) is 72.3 Å². The monoisotopic (exact) mass is 878 g/mol. The van der Waals surface area contributed by atoms with Gasteiger partial charge in [0.15, 0.2) is 11.2 Å². The second kappa shape index (κ2) is 19.9. The van der Waals surface area contributed by atoms with E-state index in [1.165, 1.54) is 0 Å². The SMILES string of the molecule is C=CCc1cc2c(-c3ccccc3)c(CN3CCOCC3)c(=O)oc2c(Cl)c1OCC(O)COc1c(CC=C)cc2c(-c3ccccc3)c(CN3CCOCC3)c(=O)oc2c1Cl. The van der Waals surface area contributed by atoms with Gasteiger partial charge in [-0.3, -0.25) is 9.80 Å². The Kier molecular flexibility index (Phi) is 13.9. The van der Waals surface area contributed by atoms with Gasteiger partial charge in [-0.15, -0.1) is 13.2 Å². The summed E-state index contributed by atoms with van der Waals surface area (Å²) < 4.78 is 35.5. The number of rotatable bonds is 16. The second-order valence-corrected chi connectivity index (χ2v) is 16.1. The van der Waals surface area contributed by atoms with Crippen molar-refractivity contribution in [3.8, 4) is 33.8 Å². The lowest BCUT2D eigenvalue weighted by Crippen LogP contribution is -2.37. The molecule has 6 aromatic rings. The Bertz CT molecular complexity index is 2510. The summed E-state index contributed by atoms with van der Waals surface area (Å²) in [5.74, 6) is 0.501. The van der Waals surface area contributed by atoms with Crippen molar-refractivity contribution in [3.05, 3.63) is 151 Å². The summed E-state index contributed by atoms with van der Waals surface area (Å²) >= 11 is 14.2. The van der Waals surface area contributed by atoms with Gasteiger partial charge >= 0.3 is 11.3 Å². The van der Waals surface area contributed by atoms with Crippen molar-refractivity contribution < 1.29 is 32.9 Å². The first-order chi connectivity index (χ1) is 30.2. The smallest absolute Gasteiger partial charge is 0.341 e. The molecule has 0 spiro atoms. The van der Waals surface area contributed by atoms with Gasteiger partial charge in [-0.05, 0) is 36.1 Å². The van der Waals surface area contributed by atoms with Gasteiger partial charge in [-0.25, -0.2) is 9.59 Å². The topological polar surface area (TPSA) is 124 Å². The van der Waals surface area contributed by atoms with Crippen molar-refractivity contribution >= 4 is 45.1 Å². The molecule has 322 valence electrons. The number of aliphatic hydroxyl groups excluding tert-OH is 1. The Morgan fingerprint density at radius 3 is 1.40 bits per heavy atom. The van der Waals surface area contributed by atoms with Crippen LogP contribution in [0, 0.1) is 0 Å². The van der Waals surface area contributed by atoms with Gasteiger partial charge in [-0.2, -0.15) is 0 Å². The number of benzene rings is 4. The van der Waals surface area contributed by atoms with Crippen molar-refractivity contribution in [1.82, 2.24) is 9.80 Å². The van der Waals surface area contributed by atoms with E-state index in [9.17, 15) is 14.7 Å². The zero-order chi connectivity index (χ0) is 43.2.